The number of hydrogen-bond acceptors (Lipinski definition) is 15. The van der Waals surface area contributed by atoms with Gasteiger partial charge in [-0.05, 0) is 67.1 Å². The zero-order chi connectivity index (χ0) is 37.3. The van der Waals surface area contributed by atoms with Crippen molar-refractivity contribution in [2.45, 2.75) is 21.8 Å². The maximum Gasteiger partial charge on any atom is 0.569 e. The van der Waals surface area contributed by atoms with Crippen molar-refractivity contribution in [1.29, 1.82) is 0 Å². The minimum atomic E-state index is 0. The molecule has 5 radical (unpaired) electrons. The van der Waals surface area contributed by atoms with E-state index < -0.39 is 0 Å². The Morgan fingerprint density at radius 2 is 1.31 bits per heavy atom. The fourth-order valence-electron chi connectivity index (χ4n) is 4.51. The number of benzene rings is 4. The molecule has 0 heterocycles. The van der Waals surface area contributed by atoms with E-state index in [9.17, 15) is 10.0 Å². The van der Waals surface area contributed by atoms with Gasteiger partial charge in [0, 0.05) is 54.5 Å². The van der Waals surface area contributed by atoms with Crippen LogP contribution in [-0.4, -0.2) is 82.0 Å². The minimum Gasteiger partial charge on any atom is -0.537 e. The predicted molar refractivity (Wildman–Crippen MR) is 223 cm³/mol. The normalized spacial score (nSPS) is 12.4. The SMILES string of the molecule is C.C.CNc1ccc(Nc2ccc(N=C3C=CC(=Nc4ccc(C)c(O[B]O)c4)C(O[B]O)=C3)c(O[B]O)c2)c(O[B]O)c1.Cl.Nc1cccc(O[B]O)c1. The van der Waals surface area contributed by atoms with E-state index in [-0.39, 0.29) is 38.8 Å². The third-order valence-electron chi connectivity index (χ3n) is 6.89. The fourth-order valence-corrected chi connectivity index (χ4v) is 4.51. The summed E-state index contributed by atoms with van der Waals surface area (Å²) >= 11 is 0. The number of anilines is 4. The molecule has 0 atom stereocenters. The van der Waals surface area contributed by atoms with Crippen molar-refractivity contribution in [3.8, 4) is 23.0 Å². The van der Waals surface area contributed by atoms with Crippen LogP contribution in [0.3, 0.4) is 0 Å². The second-order valence-electron chi connectivity index (χ2n) is 10.3. The number of aliphatic imine (C=N–C) groups is 2. The van der Waals surface area contributed by atoms with Gasteiger partial charge in [-0.25, -0.2) is 9.98 Å². The Morgan fingerprint density at radius 1 is 0.655 bits per heavy atom. The highest BCUT2D eigenvalue weighted by molar-refractivity contribution is 6.25. The van der Waals surface area contributed by atoms with Gasteiger partial charge in [-0.15, -0.1) is 12.4 Å². The monoisotopic (exact) mass is 768 g/mol. The van der Waals surface area contributed by atoms with Crippen molar-refractivity contribution >= 4 is 96.4 Å². The van der Waals surface area contributed by atoms with Crippen LogP contribution >= 0.6 is 12.4 Å². The van der Waals surface area contributed by atoms with Crippen LogP contribution in [-0.2, 0) is 4.65 Å². The summed E-state index contributed by atoms with van der Waals surface area (Å²) in [6.45, 7) is 1.83. The molecule has 21 heteroatoms. The summed E-state index contributed by atoms with van der Waals surface area (Å²) < 4.78 is 25.5. The summed E-state index contributed by atoms with van der Waals surface area (Å²) in [4.78, 5) is 9.14. The molecule has 1 aliphatic rings. The number of rotatable bonds is 15. The Hall–Kier alpha value is -5.49. The highest BCUT2D eigenvalue weighted by Gasteiger charge is 2.15. The van der Waals surface area contributed by atoms with Gasteiger partial charge >= 0.3 is 38.4 Å². The van der Waals surface area contributed by atoms with Gasteiger partial charge in [0.25, 0.3) is 0 Å². The van der Waals surface area contributed by atoms with E-state index in [4.69, 9.17) is 39.4 Å². The van der Waals surface area contributed by atoms with Gasteiger partial charge < -0.3 is 64.8 Å². The van der Waals surface area contributed by atoms with Crippen LogP contribution in [0.1, 0.15) is 20.4 Å². The van der Waals surface area contributed by atoms with E-state index in [1.165, 1.54) is 0 Å². The van der Waals surface area contributed by atoms with Crippen LogP contribution < -0.4 is 35.0 Å². The molecule has 0 spiro atoms. The standard InChI is InChI=1S/C26H24B4N4O8.C6H7BNO2.2CH4.ClH/c1-15-3-4-17(12-23(15)39-27-35)32-21-9-6-19(14-25(21)41-29-37)34-22-10-7-18(13-26(22)42-30-38)33-20-8-5-16(31-2)11-24(20)40-28-36;8-5-2-1-3-6(4-5)10-7-9;;;/h3-14,31,33,35-38H,1-2H3;1-4,9H,8H2;2*1H4;1H. The van der Waals surface area contributed by atoms with Crippen molar-refractivity contribution in [2.24, 2.45) is 9.98 Å². The molecule has 0 bridgehead atoms. The lowest BCUT2D eigenvalue weighted by Gasteiger charge is -2.16. The molecule has 0 aliphatic heterocycles. The maximum absolute atomic E-state index is 9.37. The van der Waals surface area contributed by atoms with E-state index in [0.29, 0.717) is 95.5 Å². The average Bonchev–Trinajstić information content (AvgIpc) is 3.13. The smallest absolute Gasteiger partial charge is 0.537 e. The quantitative estimate of drug-likeness (QED) is 0.0483. The molecule has 4 aromatic rings. The van der Waals surface area contributed by atoms with Crippen LogP contribution in [0.2, 0.25) is 0 Å². The number of nitrogens with two attached hydrogens (primary N) is 1. The van der Waals surface area contributed by atoms with Gasteiger partial charge in [0.15, 0.2) is 0 Å². The fraction of sp³-hybridized carbons (Fsp3) is 0.118. The summed E-state index contributed by atoms with van der Waals surface area (Å²) in [5, 5.41) is 51.2. The molecule has 0 aromatic heterocycles. The van der Waals surface area contributed by atoms with E-state index in [0.717, 1.165) is 11.3 Å². The lowest BCUT2D eigenvalue weighted by molar-refractivity contribution is 0.389. The molecule has 0 fully saturated rings. The summed E-state index contributed by atoms with van der Waals surface area (Å²) in [5.41, 5.74) is 10.5. The zero-order valence-electron chi connectivity index (χ0n) is 28.3. The Balaban J connectivity index is 0.00000101. The van der Waals surface area contributed by atoms with Gasteiger partial charge in [0.1, 0.15) is 40.2 Å². The van der Waals surface area contributed by atoms with Crippen molar-refractivity contribution in [3.05, 3.63) is 108 Å². The van der Waals surface area contributed by atoms with E-state index in [2.05, 4.69) is 25.3 Å². The van der Waals surface area contributed by atoms with Crippen molar-refractivity contribution in [2.75, 3.05) is 23.4 Å². The van der Waals surface area contributed by atoms with Crippen LogP contribution in [0.4, 0.5) is 34.1 Å². The molecule has 0 unspecified atom stereocenters. The molecule has 5 rings (SSSR count). The van der Waals surface area contributed by atoms with Gasteiger partial charge in [0.05, 0.1) is 17.1 Å². The molecule has 0 amide bonds. The van der Waals surface area contributed by atoms with E-state index in [1.807, 2.05) is 13.0 Å². The van der Waals surface area contributed by atoms with Crippen LogP contribution in [0.15, 0.2) is 113 Å². The minimum absolute atomic E-state index is 0. The van der Waals surface area contributed by atoms with Crippen molar-refractivity contribution < 1.29 is 48.4 Å². The summed E-state index contributed by atoms with van der Waals surface area (Å²) in [6, 6.07) is 22.3. The predicted octanol–water partition coefficient (Wildman–Crippen LogP) is 4.21. The highest BCUT2D eigenvalue weighted by atomic mass is 35.5. The third-order valence-corrected chi connectivity index (χ3v) is 6.89. The van der Waals surface area contributed by atoms with Crippen LogP contribution in [0, 0.1) is 6.92 Å². The third kappa shape index (κ3) is 14.4. The van der Waals surface area contributed by atoms with Crippen LogP contribution in [0.25, 0.3) is 0 Å². The molecule has 0 saturated carbocycles. The van der Waals surface area contributed by atoms with Gasteiger partial charge in [-0.1, -0.05) is 27.0 Å². The first-order valence-corrected chi connectivity index (χ1v) is 15.2. The first-order chi connectivity index (χ1) is 25.3. The van der Waals surface area contributed by atoms with Gasteiger partial charge in [-0.3, -0.25) is 0 Å². The second kappa shape index (κ2) is 24.8. The number of nitrogen functional groups attached to an aromatic ring is 1. The van der Waals surface area contributed by atoms with E-state index in [1.54, 1.807) is 98.1 Å². The molecule has 4 aromatic carbocycles. The maximum atomic E-state index is 9.37. The van der Waals surface area contributed by atoms with Gasteiger partial charge in [0.2, 0.25) is 0 Å². The number of allylic oxidation sites excluding steroid dienone is 3. The Labute approximate surface area is 330 Å². The van der Waals surface area contributed by atoms with Crippen molar-refractivity contribution in [1.82, 2.24) is 0 Å². The second-order valence-corrected chi connectivity index (χ2v) is 10.3. The molecular formula is C34H40B5ClN5O10. The zero-order valence-corrected chi connectivity index (χ0v) is 29.1. The molecule has 15 nitrogen and oxygen atoms in total. The molecule has 9 N–H and O–H groups in total. The van der Waals surface area contributed by atoms with Crippen molar-refractivity contribution in [3.63, 3.8) is 0 Å². The van der Waals surface area contributed by atoms with Crippen LogP contribution in [0.5, 0.6) is 23.0 Å². The number of aryl methyl sites for hydroxylation is 1. The van der Waals surface area contributed by atoms with Gasteiger partial charge in [-0.2, -0.15) is 0 Å². The number of halogens is 1. The molecular weight excluding hydrogens is 728 g/mol. The Bertz CT molecular complexity index is 1940. The lowest BCUT2D eigenvalue weighted by Crippen LogP contribution is -2.13. The number of nitrogens with one attached hydrogen (secondary N) is 2. The lowest BCUT2D eigenvalue weighted by atomic mass is 10.1. The molecule has 1 aliphatic carbocycles. The number of hydrogen-bond donors (Lipinski definition) is 8. The highest BCUT2D eigenvalue weighted by Crippen LogP contribution is 2.36. The molecule has 0 saturated heterocycles. The average molecular weight is 768 g/mol. The first kappa shape index (κ1) is 47.5. The first-order valence-electron chi connectivity index (χ1n) is 15.2. The Morgan fingerprint density at radius 3 is 1.98 bits per heavy atom. The number of nitrogens with zero attached hydrogens (tertiary/aromatic N) is 2. The largest absolute Gasteiger partial charge is 0.569 e. The summed E-state index contributed by atoms with van der Waals surface area (Å²) in [5.74, 6) is 1.77. The topological polar surface area (TPSA) is 222 Å². The molecule has 283 valence electrons. The summed E-state index contributed by atoms with van der Waals surface area (Å²) in [7, 11) is 4.64. The Kier molecular flexibility index (Phi) is 21.4. The summed E-state index contributed by atoms with van der Waals surface area (Å²) in [6.07, 6.45) is 4.90. The molecule has 55 heavy (non-hydrogen) atoms. The van der Waals surface area contributed by atoms with E-state index >= 15 is 0 Å².